The minimum Gasteiger partial charge on any atom is -0.374 e. The topological polar surface area (TPSA) is 9.23 Å². The zero-order valence-electron chi connectivity index (χ0n) is 16.2. The molecule has 0 aliphatic heterocycles. The van der Waals surface area contributed by atoms with Gasteiger partial charge in [-0.1, -0.05) is 49.1 Å². The quantitative estimate of drug-likeness (QED) is 0.336. The summed E-state index contributed by atoms with van der Waals surface area (Å²) in [4.78, 5) is 0. The molecule has 0 atom stereocenters. The first kappa shape index (κ1) is 20.0. The lowest BCUT2D eigenvalue weighted by atomic mass is 9.70. The summed E-state index contributed by atoms with van der Waals surface area (Å²) in [5, 5.41) is 0.796. The van der Waals surface area contributed by atoms with Crippen molar-refractivity contribution in [3.8, 4) is 0 Å². The highest BCUT2D eigenvalue weighted by atomic mass is 35.5. The van der Waals surface area contributed by atoms with E-state index in [0.717, 1.165) is 29.4 Å². The number of halogens is 1. The predicted molar refractivity (Wildman–Crippen MR) is 111 cm³/mol. The van der Waals surface area contributed by atoms with Crippen molar-refractivity contribution in [2.45, 2.75) is 83.3 Å². The Morgan fingerprint density at radius 2 is 1.54 bits per heavy atom. The number of hydrogen-bond donors (Lipinski definition) is 0. The molecule has 1 aromatic rings. The van der Waals surface area contributed by atoms with Crippen molar-refractivity contribution in [3.05, 3.63) is 47.5 Å². The second-order valence-corrected chi connectivity index (χ2v) is 8.91. The van der Waals surface area contributed by atoms with E-state index in [1.165, 1.54) is 76.2 Å². The van der Waals surface area contributed by atoms with Crippen molar-refractivity contribution >= 4 is 11.6 Å². The maximum atomic E-state index is 6.17. The molecule has 2 saturated carbocycles. The van der Waals surface area contributed by atoms with Crippen LogP contribution in [0, 0.1) is 17.8 Å². The first-order valence-corrected chi connectivity index (χ1v) is 11.1. The molecule has 2 fully saturated rings. The summed E-state index contributed by atoms with van der Waals surface area (Å²) in [6, 6.07) is 8.04. The van der Waals surface area contributed by atoms with E-state index in [1.54, 1.807) is 0 Å². The fourth-order valence-electron chi connectivity index (χ4n) is 5.02. The van der Waals surface area contributed by atoms with E-state index in [-0.39, 0.29) is 0 Å². The van der Waals surface area contributed by atoms with Gasteiger partial charge >= 0.3 is 0 Å². The van der Waals surface area contributed by atoms with Gasteiger partial charge in [-0.3, -0.25) is 0 Å². The van der Waals surface area contributed by atoms with E-state index in [2.05, 4.69) is 24.8 Å². The summed E-state index contributed by atoms with van der Waals surface area (Å²) in [6.07, 6.45) is 17.6. The van der Waals surface area contributed by atoms with Crippen molar-refractivity contribution < 1.29 is 4.74 Å². The van der Waals surface area contributed by atoms with Gasteiger partial charge < -0.3 is 4.74 Å². The van der Waals surface area contributed by atoms with Gasteiger partial charge in [0.05, 0.1) is 12.7 Å². The van der Waals surface area contributed by atoms with Gasteiger partial charge in [0.2, 0.25) is 0 Å². The first-order chi connectivity index (χ1) is 12.7. The molecule has 0 saturated heterocycles. The van der Waals surface area contributed by atoms with Crippen molar-refractivity contribution in [1.82, 2.24) is 0 Å². The van der Waals surface area contributed by atoms with E-state index in [0.29, 0.717) is 6.10 Å². The SMILES string of the molecule is C=CCCC[C@H]1CC[C@H](C2CCC(OCc3ccc(Cl)cc3)CC2)CC1. The van der Waals surface area contributed by atoms with Gasteiger partial charge in [0.15, 0.2) is 0 Å². The van der Waals surface area contributed by atoms with Crippen LogP contribution in [-0.2, 0) is 11.3 Å². The Kier molecular flexibility index (Phi) is 8.08. The molecule has 0 unspecified atom stereocenters. The lowest BCUT2D eigenvalue weighted by Crippen LogP contribution is -2.28. The zero-order valence-corrected chi connectivity index (χ0v) is 16.9. The average molecular weight is 375 g/mol. The first-order valence-electron chi connectivity index (χ1n) is 10.7. The molecule has 1 nitrogen and oxygen atoms in total. The van der Waals surface area contributed by atoms with Crippen LogP contribution in [0.15, 0.2) is 36.9 Å². The van der Waals surface area contributed by atoms with Crippen LogP contribution in [0.5, 0.6) is 0 Å². The number of unbranched alkanes of at least 4 members (excludes halogenated alkanes) is 1. The van der Waals surface area contributed by atoms with E-state index in [1.807, 2.05) is 12.1 Å². The lowest BCUT2D eigenvalue weighted by Gasteiger charge is -2.37. The molecular weight excluding hydrogens is 340 g/mol. The normalized spacial score (nSPS) is 29.4. The lowest BCUT2D eigenvalue weighted by molar-refractivity contribution is -0.00285. The fraction of sp³-hybridized carbons (Fsp3) is 0.667. The average Bonchev–Trinajstić information content (AvgIpc) is 2.69. The number of hydrogen-bond acceptors (Lipinski definition) is 1. The Balaban J connectivity index is 1.32. The molecule has 0 heterocycles. The third-order valence-corrected chi connectivity index (χ3v) is 6.95. The third kappa shape index (κ3) is 6.13. The molecule has 2 aliphatic rings. The van der Waals surface area contributed by atoms with Crippen LogP contribution >= 0.6 is 11.6 Å². The minimum atomic E-state index is 0.456. The molecule has 0 N–H and O–H groups in total. The van der Waals surface area contributed by atoms with Crippen LogP contribution in [0.1, 0.15) is 76.2 Å². The molecular formula is C24H35ClO. The Morgan fingerprint density at radius 1 is 0.923 bits per heavy atom. The number of allylic oxidation sites excluding steroid dienone is 1. The Morgan fingerprint density at radius 3 is 2.15 bits per heavy atom. The summed E-state index contributed by atoms with van der Waals surface area (Å²) in [7, 11) is 0. The maximum Gasteiger partial charge on any atom is 0.0720 e. The van der Waals surface area contributed by atoms with Crippen LogP contribution in [-0.4, -0.2) is 6.10 Å². The van der Waals surface area contributed by atoms with E-state index >= 15 is 0 Å². The summed E-state index contributed by atoms with van der Waals surface area (Å²) in [5.74, 6) is 2.94. The second-order valence-electron chi connectivity index (χ2n) is 8.47. The number of rotatable bonds is 8. The molecule has 0 aromatic heterocycles. The standard InChI is InChI=1S/C24H35ClO/c1-2-3-4-5-19-6-10-21(11-7-19)22-12-16-24(17-13-22)26-18-20-8-14-23(25)15-9-20/h2,8-9,14-15,19,21-22,24H,1,3-7,10-13,16-18H2/t19-,21-,22?,24?. The smallest absolute Gasteiger partial charge is 0.0720 e. The summed E-state index contributed by atoms with van der Waals surface area (Å²) in [5.41, 5.74) is 1.23. The van der Waals surface area contributed by atoms with Gasteiger partial charge in [0, 0.05) is 5.02 Å². The molecule has 1 aromatic carbocycles. The van der Waals surface area contributed by atoms with Gasteiger partial charge in [-0.15, -0.1) is 6.58 Å². The molecule has 2 heteroatoms. The molecule has 26 heavy (non-hydrogen) atoms. The summed E-state index contributed by atoms with van der Waals surface area (Å²) in [6.45, 7) is 4.57. The minimum absolute atomic E-state index is 0.456. The largest absolute Gasteiger partial charge is 0.374 e. The molecule has 2 aliphatic carbocycles. The molecule has 144 valence electrons. The number of ether oxygens (including phenoxy) is 1. The van der Waals surface area contributed by atoms with Gasteiger partial charge in [0.1, 0.15) is 0 Å². The summed E-state index contributed by atoms with van der Waals surface area (Å²) >= 11 is 5.95. The molecule has 0 spiro atoms. The van der Waals surface area contributed by atoms with Crippen LogP contribution in [0.4, 0.5) is 0 Å². The van der Waals surface area contributed by atoms with Crippen molar-refractivity contribution in [2.75, 3.05) is 0 Å². The van der Waals surface area contributed by atoms with Crippen molar-refractivity contribution in [3.63, 3.8) is 0 Å². The van der Waals surface area contributed by atoms with E-state index < -0.39 is 0 Å². The monoisotopic (exact) mass is 374 g/mol. The second kappa shape index (κ2) is 10.5. The Labute approximate surface area is 165 Å². The van der Waals surface area contributed by atoms with Gasteiger partial charge in [-0.25, -0.2) is 0 Å². The van der Waals surface area contributed by atoms with Crippen LogP contribution in [0.2, 0.25) is 5.02 Å². The third-order valence-electron chi connectivity index (χ3n) is 6.70. The van der Waals surface area contributed by atoms with Crippen molar-refractivity contribution in [2.24, 2.45) is 17.8 Å². The number of benzene rings is 1. The highest BCUT2D eigenvalue weighted by molar-refractivity contribution is 6.30. The molecule has 0 bridgehead atoms. The van der Waals surface area contributed by atoms with Crippen LogP contribution in [0.25, 0.3) is 0 Å². The van der Waals surface area contributed by atoms with Crippen molar-refractivity contribution in [1.29, 1.82) is 0 Å². The Hall–Kier alpha value is -0.790. The molecule has 0 radical (unpaired) electrons. The highest BCUT2D eigenvalue weighted by Crippen LogP contribution is 2.41. The zero-order chi connectivity index (χ0) is 18.2. The highest BCUT2D eigenvalue weighted by Gasteiger charge is 2.30. The fourth-order valence-corrected chi connectivity index (χ4v) is 5.15. The maximum absolute atomic E-state index is 6.17. The van der Waals surface area contributed by atoms with Crippen LogP contribution < -0.4 is 0 Å². The van der Waals surface area contributed by atoms with E-state index in [4.69, 9.17) is 16.3 Å². The van der Waals surface area contributed by atoms with Crippen LogP contribution in [0.3, 0.4) is 0 Å². The molecule has 0 amide bonds. The van der Waals surface area contributed by atoms with Gasteiger partial charge in [-0.05, 0) is 86.8 Å². The molecule has 3 rings (SSSR count). The van der Waals surface area contributed by atoms with Gasteiger partial charge in [0.25, 0.3) is 0 Å². The van der Waals surface area contributed by atoms with E-state index in [9.17, 15) is 0 Å². The summed E-state index contributed by atoms with van der Waals surface area (Å²) < 4.78 is 6.17. The van der Waals surface area contributed by atoms with Gasteiger partial charge in [-0.2, -0.15) is 0 Å². The Bertz CT molecular complexity index is 522. The predicted octanol–water partition coefficient (Wildman–Crippen LogP) is 7.58.